The molecule has 108 valence electrons. The Morgan fingerprint density at radius 2 is 2.00 bits per heavy atom. The van der Waals surface area contributed by atoms with Crippen molar-refractivity contribution < 1.29 is 9.59 Å². The lowest BCUT2D eigenvalue weighted by molar-refractivity contribution is -0.122. The molecule has 3 N–H and O–H groups in total. The van der Waals surface area contributed by atoms with Crippen molar-refractivity contribution in [3.05, 3.63) is 29.8 Å². The Balaban J connectivity index is 2.06. The third kappa shape index (κ3) is 2.82. The van der Waals surface area contributed by atoms with Gasteiger partial charge in [0.15, 0.2) is 0 Å². The fourth-order valence-electron chi connectivity index (χ4n) is 2.56. The van der Waals surface area contributed by atoms with Gasteiger partial charge in [-0.05, 0) is 50.1 Å². The van der Waals surface area contributed by atoms with E-state index in [0.717, 1.165) is 25.8 Å². The number of carbonyl (C=O) groups is 2. The molecule has 0 bridgehead atoms. The Morgan fingerprint density at radius 3 is 2.50 bits per heavy atom. The van der Waals surface area contributed by atoms with E-state index < -0.39 is 5.54 Å². The highest BCUT2D eigenvalue weighted by molar-refractivity contribution is 5.99. The van der Waals surface area contributed by atoms with Crippen LogP contribution in [-0.2, 0) is 4.79 Å². The van der Waals surface area contributed by atoms with E-state index in [4.69, 9.17) is 0 Å². The number of benzene rings is 1. The van der Waals surface area contributed by atoms with Crippen LogP contribution < -0.4 is 16.0 Å². The average Bonchev–Trinajstić information content (AvgIpc) is 2.97. The molecule has 1 atom stereocenters. The molecule has 0 aromatic heterocycles. The van der Waals surface area contributed by atoms with Gasteiger partial charge in [0.1, 0.15) is 0 Å². The summed E-state index contributed by atoms with van der Waals surface area (Å²) >= 11 is 0. The van der Waals surface area contributed by atoms with Crippen molar-refractivity contribution in [2.75, 3.05) is 18.9 Å². The zero-order valence-corrected chi connectivity index (χ0v) is 12.0. The summed E-state index contributed by atoms with van der Waals surface area (Å²) in [7, 11) is 1.59. The smallest absolute Gasteiger partial charge is 0.251 e. The van der Waals surface area contributed by atoms with Gasteiger partial charge in [0.25, 0.3) is 5.91 Å². The molecule has 1 aromatic rings. The molecule has 5 heteroatoms. The van der Waals surface area contributed by atoms with Crippen LogP contribution in [0.2, 0.25) is 0 Å². The molecule has 2 rings (SSSR count). The second kappa shape index (κ2) is 6.05. The first kappa shape index (κ1) is 14.5. The zero-order valence-electron chi connectivity index (χ0n) is 12.0. The van der Waals surface area contributed by atoms with Gasteiger partial charge in [0.05, 0.1) is 5.54 Å². The van der Waals surface area contributed by atoms with Crippen LogP contribution in [0.25, 0.3) is 0 Å². The topological polar surface area (TPSA) is 70.2 Å². The van der Waals surface area contributed by atoms with Crippen LogP contribution in [0.4, 0.5) is 5.69 Å². The van der Waals surface area contributed by atoms with Crippen molar-refractivity contribution in [3.63, 3.8) is 0 Å². The normalized spacial score (nSPS) is 21.5. The first-order chi connectivity index (χ1) is 9.61. The molecule has 0 spiro atoms. The molecule has 1 saturated heterocycles. The van der Waals surface area contributed by atoms with Crippen LogP contribution in [0.15, 0.2) is 24.3 Å². The van der Waals surface area contributed by atoms with Crippen molar-refractivity contribution >= 4 is 17.5 Å². The first-order valence-electron chi connectivity index (χ1n) is 7.00. The van der Waals surface area contributed by atoms with Crippen LogP contribution in [0.5, 0.6) is 0 Å². The largest absolute Gasteiger partial charge is 0.355 e. The predicted octanol–water partition coefficient (Wildman–Crippen LogP) is 1.52. The number of nitrogens with one attached hydrogen (secondary N) is 3. The van der Waals surface area contributed by atoms with Gasteiger partial charge in [-0.25, -0.2) is 0 Å². The number of hydrogen-bond donors (Lipinski definition) is 3. The number of rotatable bonds is 4. The van der Waals surface area contributed by atoms with E-state index in [2.05, 4.69) is 16.0 Å². The monoisotopic (exact) mass is 275 g/mol. The quantitative estimate of drug-likeness (QED) is 0.780. The van der Waals surface area contributed by atoms with Gasteiger partial charge in [-0.2, -0.15) is 0 Å². The lowest BCUT2D eigenvalue weighted by Gasteiger charge is -2.26. The number of amides is 2. The lowest BCUT2D eigenvalue weighted by atomic mass is 9.93. The number of anilines is 1. The van der Waals surface area contributed by atoms with Crippen LogP contribution in [0.3, 0.4) is 0 Å². The third-order valence-electron chi connectivity index (χ3n) is 3.91. The van der Waals surface area contributed by atoms with Gasteiger partial charge in [-0.15, -0.1) is 0 Å². The van der Waals surface area contributed by atoms with Crippen LogP contribution in [0.1, 0.15) is 36.5 Å². The Bertz CT molecular complexity index is 490. The van der Waals surface area contributed by atoms with Crippen LogP contribution in [0, 0.1) is 0 Å². The van der Waals surface area contributed by atoms with Crippen LogP contribution in [-0.4, -0.2) is 30.9 Å². The van der Waals surface area contributed by atoms with Gasteiger partial charge < -0.3 is 16.0 Å². The van der Waals surface area contributed by atoms with Crippen molar-refractivity contribution in [2.24, 2.45) is 0 Å². The molecule has 0 radical (unpaired) electrons. The Kier molecular flexibility index (Phi) is 4.39. The molecule has 1 fully saturated rings. The molecule has 0 saturated carbocycles. The van der Waals surface area contributed by atoms with Gasteiger partial charge in [-0.3, -0.25) is 9.59 Å². The molecule has 1 aromatic carbocycles. The van der Waals surface area contributed by atoms with Gasteiger partial charge in [-0.1, -0.05) is 6.92 Å². The summed E-state index contributed by atoms with van der Waals surface area (Å²) in [6.07, 6.45) is 2.66. The SMILES string of the molecule is CCC1(C(=O)Nc2ccc(C(=O)NC)cc2)CCCN1. The van der Waals surface area contributed by atoms with Gasteiger partial charge in [0.2, 0.25) is 5.91 Å². The van der Waals surface area contributed by atoms with Crippen molar-refractivity contribution in [1.29, 1.82) is 0 Å². The second-order valence-corrected chi connectivity index (χ2v) is 5.08. The standard InChI is InChI=1S/C15H21N3O2/c1-3-15(9-4-10-17-15)14(20)18-12-7-5-11(6-8-12)13(19)16-2/h5-8,17H,3-4,9-10H2,1-2H3,(H,16,19)(H,18,20). The summed E-state index contributed by atoms with van der Waals surface area (Å²) in [6, 6.07) is 6.91. The minimum Gasteiger partial charge on any atom is -0.355 e. The van der Waals surface area contributed by atoms with E-state index in [1.807, 2.05) is 6.92 Å². The zero-order chi connectivity index (χ0) is 14.6. The molecule has 1 unspecified atom stereocenters. The summed E-state index contributed by atoms with van der Waals surface area (Å²) in [5.41, 5.74) is 0.846. The molecule has 20 heavy (non-hydrogen) atoms. The summed E-state index contributed by atoms with van der Waals surface area (Å²) in [6.45, 7) is 2.91. The lowest BCUT2D eigenvalue weighted by Crippen LogP contribution is -2.50. The Hall–Kier alpha value is -1.88. The minimum atomic E-state index is -0.445. The third-order valence-corrected chi connectivity index (χ3v) is 3.91. The highest BCUT2D eigenvalue weighted by Crippen LogP contribution is 2.25. The number of hydrogen-bond acceptors (Lipinski definition) is 3. The maximum atomic E-state index is 12.4. The maximum Gasteiger partial charge on any atom is 0.251 e. The fourth-order valence-corrected chi connectivity index (χ4v) is 2.56. The maximum absolute atomic E-state index is 12.4. The van der Waals surface area contributed by atoms with E-state index in [9.17, 15) is 9.59 Å². The summed E-state index contributed by atoms with van der Waals surface area (Å²) < 4.78 is 0. The average molecular weight is 275 g/mol. The van der Waals surface area contributed by atoms with Crippen molar-refractivity contribution in [1.82, 2.24) is 10.6 Å². The molecule has 2 amide bonds. The molecular formula is C15H21N3O2. The molecule has 0 aliphatic carbocycles. The highest BCUT2D eigenvalue weighted by Gasteiger charge is 2.38. The first-order valence-corrected chi connectivity index (χ1v) is 7.00. The fraction of sp³-hybridized carbons (Fsp3) is 0.467. The molecule has 1 aliphatic rings. The minimum absolute atomic E-state index is 0.00481. The van der Waals surface area contributed by atoms with E-state index in [-0.39, 0.29) is 11.8 Å². The van der Waals surface area contributed by atoms with Crippen molar-refractivity contribution in [3.8, 4) is 0 Å². The Labute approximate surface area is 119 Å². The highest BCUT2D eigenvalue weighted by atomic mass is 16.2. The molecule has 1 heterocycles. The van der Waals surface area contributed by atoms with E-state index in [1.165, 1.54) is 0 Å². The summed E-state index contributed by atoms with van der Waals surface area (Å²) in [4.78, 5) is 23.8. The summed E-state index contributed by atoms with van der Waals surface area (Å²) in [5, 5.41) is 8.79. The van der Waals surface area contributed by atoms with Gasteiger partial charge in [0, 0.05) is 18.3 Å². The van der Waals surface area contributed by atoms with Gasteiger partial charge >= 0.3 is 0 Å². The van der Waals surface area contributed by atoms with E-state index in [1.54, 1.807) is 31.3 Å². The molecule has 1 aliphatic heterocycles. The number of carbonyl (C=O) groups excluding carboxylic acids is 2. The van der Waals surface area contributed by atoms with E-state index >= 15 is 0 Å². The van der Waals surface area contributed by atoms with Crippen molar-refractivity contribution in [2.45, 2.75) is 31.7 Å². The molecular weight excluding hydrogens is 254 g/mol. The van der Waals surface area contributed by atoms with E-state index in [0.29, 0.717) is 11.3 Å². The molecule has 5 nitrogen and oxygen atoms in total. The predicted molar refractivity (Wildman–Crippen MR) is 78.7 cm³/mol. The Morgan fingerprint density at radius 1 is 1.30 bits per heavy atom. The second-order valence-electron chi connectivity index (χ2n) is 5.08. The van der Waals surface area contributed by atoms with Crippen LogP contribution >= 0.6 is 0 Å². The summed E-state index contributed by atoms with van der Waals surface area (Å²) in [5.74, 6) is -0.129.